The van der Waals surface area contributed by atoms with Crippen molar-refractivity contribution in [3.05, 3.63) is 23.9 Å². The Kier molecular flexibility index (Phi) is 5.39. The number of methoxy groups -OCH3 is 1. The number of aryl methyl sites for hydroxylation is 1. The lowest BCUT2D eigenvalue weighted by molar-refractivity contribution is -0.138. The number of aromatic nitrogens is 1. The molecule has 0 unspecified atom stereocenters. The number of carbonyl (C=O) groups is 1. The average molecular weight is 331 g/mol. The Morgan fingerprint density at radius 1 is 1.33 bits per heavy atom. The third-order valence-corrected chi connectivity index (χ3v) is 5.41. The van der Waals surface area contributed by atoms with Gasteiger partial charge in [0.25, 0.3) is 0 Å². The summed E-state index contributed by atoms with van der Waals surface area (Å²) in [7, 11) is 1.72. The quantitative estimate of drug-likeness (QED) is 0.778. The summed E-state index contributed by atoms with van der Waals surface area (Å²) >= 11 is 0. The van der Waals surface area contributed by atoms with Gasteiger partial charge in [0.1, 0.15) is 5.82 Å². The minimum atomic E-state index is 0.227. The average Bonchev–Trinajstić information content (AvgIpc) is 2.59. The lowest BCUT2D eigenvalue weighted by atomic mass is 9.73. The minimum absolute atomic E-state index is 0.227. The van der Waals surface area contributed by atoms with Crippen molar-refractivity contribution in [3.8, 4) is 0 Å². The van der Waals surface area contributed by atoms with E-state index in [0.717, 1.165) is 51.4 Å². The number of amides is 1. The van der Waals surface area contributed by atoms with Crippen molar-refractivity contribution in [2.24, 2.45) is 5.41 Å². The topological polar surface area (TPSA) is 45.7 Å². The maximum Gasteiger partial charge on any atom is 0.222 e. The predicted octanol–water partition coefficient (Wildman–Crippen LogP) is 2.64. The molecular weight excluding hydrogens is 302 g/mol. The van der Waals surface area contributed by atoms with Crippen molar-refractivity contribution < 1.29 is 9.53 Å². The molecule has 2 fully saturated rings. The number of likely N-dealkylation sites (tertiary alicyclic amines) is 1. The number of rotatable bonds is 5. The van der Waals surface area contributed by atoms with E-state index in [9.17, 15) is 4.79 Å². The first kappa shape index (κ1) is 17.2. The molecule has 1 amide bonds. The molecule has 0 saturated carbocycles. The van der Waals surface area contributed by atoms with Gasteiger partial charge in [-0.15, -0.1) is 0 Å². The molecule has 0 aliphatic carbocycles. The van der Waals surface area contributed by atoms with Crippen molar-refractivity contribution in [2.45, 2.75) is 39.0 Å². The zero-order valence-corrected chi connectivity index (χ0v) is 15.0. The molecule has 24 heavy (non-hydrogen) atoms. The molecule has 0 bridgehead atoms. The minimum Gasteiger partial charge on any atom is -0.385 e. The van der Waals surface area contributed by atoms with Crippen molar-refractivity contribution in [1.82, 2.24) is 9.88 Å². The third-order valence-electron chi connectivity index (χ3n) is 5.41. The van der Waals surface area contributed by atoms with E-state index in [0.29, 0.717) is 12.3 Å². The molecule has 132 valence electrons. The highest BCUT2D eigenvalue weighted by molar-refractivity contribution is 5.77. The van der Waals surface area contributed by atoms with Crippen LogP contribution >= 0.6 is 0 Å². The van der Waals surface area contributed by atoms with Gasteiger partial charge in [0.05, 0.1) is 0 Å². The van der Waals surface area contributed by atoms with E-state index in [2.05, 4.69) is 27.8 Å². The van der Waals surface area contributed by atoms with E-state index in [4.69, 9.17) is 4.74 Å². The lowest BCUT2D eigenvalue weighted by Gasteiger charge is -2.48. The number of pyridine rings is 1. The summed E-state index contributed by atoms with van der Waals surface area (Å²) < 4.78 is 5.14. The smallest absolute Gasteiger partial charge is 0.222 e. The molecular formula is C19H29N3O2. The van der Waals surface area contributed by atoms with Crippen LogP contribution in [0, 0.1) is 12.3 Å². The van der Waals surface area contributed by atoms with Crippen LogP contribution in [0.2, 0.25) is 0 Å². The standard InChI is InChI=1S/C19H29N3O2/c1-16-6-9-20-17(13-16)21-10-3-7-19(14-21)8-5-18(23)22(15-19)11-4-12-24-2/h6,9,13H,3-5,7-8,10-12,14-15H2,1-2H3/t19-/m1/s1. The first-order valence-electron chi connectivity index (χ1n) is 9.06. The number of ether oxygens (including phenoxy) is 1. The van der Waals surface area contributed by atoms with Crippen LogP contribution in [-0.2, 0) is 9.53 Å². The van der Waals surface area contributed by atoms with Crippen molar-refractivity contribution in [3.63, 3.8) is 0 Å². The molecule has 1 spiro atoms. The first-order chi connectivity index (χ1) is 11.6. The summed E-state index contributed by atoms with van der Waals surface area (Å²) in [4.78, 5) is 21.3. The van der Waals surface area contributed by atoms with Gasteiger partial charge in [-0.3, -0.25) is 4.79 Å². The van der Waals surface area contributed by atoms with Crippen molar-refractivity contribution in [1.29, 1.82) is 0 Å². The van der Waals surface area contributed by atoms with E-state index < -0.39 is 0 Å². The van der Waals surface area contributed by atoms with E-state index in [-0.39, 0.29) is 5.41 Å². The number of anilines is 1. The first-order valence-corrected chi connectivity index (χ1v) is 9.06. The number of nitrogens with zero attached hydrogens (tertiary/aromatic N) is 3. The number of piperidine rings is 2. The molecule has 5 nitrogen and oxygen atoms in total. The van der Waals surface area contributed by atoms with E-state index in [1.54, 1.807) is 7.11 Å². The van der Waals surface area contributed by atoms with E-state index >= 15 is 0 Å². The van der Waals surface area contributed by atoms with Gasteiger partial charge < -0.3 is 14.5 Å². The van der Waals surface area contributed by atoms with Crippen molar-refractivity contribution >= 4 is 11.7 Å². The summed E-state index contributed by atoms with van der Waals surface area (Å²) in [5, 5.41) is 0. The summed E-state index contributed by atoms with van der Waals surface area (Å²) in [6.45, 7) is 6.61. The molecule has 1 aromatic heterocycles. The Labute approximate surface area is 145 Å². The van der Waals surface area contributed by atoms with Gasteiger partial charge in [-0.2, -0.15) is 0 Å². The van der Waals surface area contributed by atoms with E-state index in [1.165, 1.54) is 18.4 Å². The molecule has 1 aromatic rings. The molecule has 3 heterocycles. The SMILES string of the molecule is COCCCN1C[C@]2(CCCN(c3cc(C)ccn3)C2)CCC1=O. The Bertz CT molecular complexity index is 577. The number of carbonyl (C=O) groups excluding carboxylic acids is 1. The largest absolute Gasteiger partial charge is 0.385 e. The highest BCUT2D eigenvalue weighted by Crippen LogP contribution is 2.40. The summed E-state index contributed by atoms with van der Waals surface area (Å²) in [5.41, 5.74) is 1.48. The van der Waals surface area contributed by atoms with Gasteiger partial charge in [-0.25, -0.2) is 4.98 Å². The molecule has 2 aliphatic heterocycles. The molecule has 0 radical (unpaired) electrons. The normalized spacial score (nSPS) is 24.7. The van der Waals surface area contributed by atoms with Crippen LogP contribution in [0.4, 0.5) is 5.82 Å². The van der Waals surface area contributed by atoms with Crippen LogP contribution < -0.4 is 4.90 Å². The fourth-order valence-corrected chi connectivity index (χ4v) is 4.14. The van der Waals surface area contributed by atoms with Gasteiger partial charge in [0.15, 0.2) is 0 Å². The fourth-order valence-electron chi connectivity index (χ4n) is 4.14. The monoisotopic (exact) mass is 331 g/mol. The van der Waals surface area contributed by atoms with Crippen LogP contribution in [0.25, 0.3) is 0 Å². The van der Waals surface area contributed by atoms with Crippen LogP contribution in [0.15, 0.2) is 18.3 Å². The van der Waals surface area contributed by atoms with Crippen LogP contribution in [-0.4, -0.2) is 55.7 Å². The molecule has 0 aromatic carbocycles. The highest BCUT2D eigenvalue weighted by atomic mass is 16.5. The molecule has 5 heteroatoms. The molecule has 1 atom stereocenters. The van der Waals surface area contributed by atoms with Gasteiger partial charge in [0.2, 0.25) is 5.91 Å². The highest BCUT2D eigenvalue weighted by Gasteiger charge is 2.41. The zero-order valence-electron chi connectivity index (χ0n) is 15.0. The third kappa shape index (κ3) is 3.89. The second-order valence-corrected chi connectivity index (χ2v) is 7.38. The lowest BCUT2D eigenvalue weighted by Crippen LogP contribution is -2.54. The molecule has 2 aliphatic rings. The summed E-state index contributed by atoms with van der Waals surface area (Å²) in [6.07, 6.45) is 6.89. The Balaban J connectivity index is 1.69. The Morgan fingerprint density at radius 2 is 2.21 bits per heavy atom. The van der Waals surface area contributed by atoms with Gasteiger partial charge in [0, 0.05) is 57.9 Å². The van der Waals surface area contributed by atoms with Crippen molar-refractivity contribution in [2.75, 3.05) is 44.8 Å². The Morgan fingerprint density at radius 3 is 3.00 bits per heavy atom. The molecule has 2 saturated heterocycles. The fraction of sp³-hybridized carbons (Fsp3) is 0.684. The van der Waals surface area contributed by atoms with Crippen LogP contribution in [0.3, 0.4) is 0 Å². The van der Waals surface area contributed by atoms with Gasteiger partial charge in [-0.05, 0) is 50.3 Å². The van der Waals surface area contributed by atoms with E-state index in [1.807, 2.05) is 12.3 Å². The maximum atomic E-state index is 12.3. The van der Waals surface area contributed by atoms with Crippen LogP contribution in [0.5, 0.6) is 0 Å². The zero-order chi connectivity index (χ0) is 17.0. The molecule has 0 N–H and O–H groups in total. The van der Waals surface area contributed by atoms with Crippen LogP contribution in [0.1, 0.15) is 37.7 Å². The molecule has 3 rings (SSSR count). The number of hydrogen-bond donors (Lipinski definition) is 0. The Hall–Kier alpha value is -1.62. The second kappa shape index (κ2) is 7.51. The second-order valence-electron chi connectivity index (χ2n) is 7.38. The maximum absolute atomic E-state index is 12.3. The summed E-state index contributed by atoms with van der Waals surface area (Å²) in [6, 6.07) is 4.21. The van der Waals surface area contributed by atoms with Gasteiger partial charge in [-0.1, -0.05) is 0 Å². The number of hydrogen-bond acceptors (Lipinski definition) is 4. The summed E-state index contributed by atoms with van der Waals surface area (Å²) in [5.74, 6) is 1.39. The van der Waals surface area contributed by atoms with Gasteiger partial charge >= 0.3 is 0 Å². The predicted molar refractivity (Wildman–Crippen MR) is 95.2 cm³/mol.